The first-order valence-electron chi connectivity index (χ1n) is 6.87. The van der Waals surface area contributed by atoms with Gasteiger partial charge in [-0.3, -0.25) is 4.90 Å². The summed E-state index contributed by atoms with van der Waals surface area (Å²) in [6.45, 7) is 12.1. The zero-order chi connectivity index (χ0) is 13.2. The fourth-order valence-electron chi connectivity index (χ4n) is 2.59. The van der Waals surface area contributed by atoms with Crippen molar-refractivity contribution < 1.29 is 0 Å². The number of rotatable bonds is 4. The van der Waals surface area contributed by atoms with Crippen LogP contribution in [0.3, 0.4) is 0 Å². The van der Waals surface area contributed by atoms with Crippen LogP contribution in [0.5, 0.6) is 0 Å². The normalized spacial score (nSPS) is 17.1. The number of hydrogen-bond acceptors (Lipinski definition) is 2. The van der Waals surface area contributed by atoms with Gasteiger partial charge in [-0.25, -0.2) is 0 Å². The molecule has 2 heteroatoms. The van der Waals surface area contributed by atoms with E-state index < -0.39 is 0 Å². The van der Waals surface area contributed by atoms with Crippen LogP contribution in [0.2, 0.25) is 0 Å². The summed E-state index contributed by atoms with van der Waals surface area (Å²) < 4.78 is 0. The number of nitrogens with one attached hydrogen (secondary N) is 1. The average molecular weight is 244 g/mol. The van der Waals surface area contributed by atoms with Gasteiger partial charge in [0.2, 0.25) is 0 Å². The predicted molar refractivity (Wildman–Crippen MR) is 79.9 cm³/mol. The Morgan fingerprint density at radius 1 is 1.11 bits per heavy atom. The van der Waals surface area contributed by atoms with E-state index in [1.165, 1.54) is 16.8 Å². The van der Waals surface area contributed by atoms with Gasteiger partial charge in [0.1, 0.15) is 0 Å². The topological polar surface area (TPSA) is 15.3 Å². The van der Waals surface area contributed by atoms with Gasteiger partial charge in [-0.05, 0) is 38.6 Å². The first kappa shape index (κ1) is 13.2. The van der Waals surface area contributed by atoms with Crippen molar-refractivity contribution in [3.8, 4) is 0 Å². The molecule has 2 rings (SSSR count). The molecule has 1 aliphatic heterocycles. The van der Waals surface area contributed by atoms with Crippen molar-refractivity contribution in [2.45, 2.75) is 33.2 Å². The third kappa shape index (κ3) is 2.75. The molecule has 0 atom stereocenters. The molecule has 1 heterocycles. The van der Waals surface area contributed by atoms with E-state index in [9.17, 15) is 0 Å². The number of nitrogens with zero attached hydrogens (tertiary/aromatic N) is 1. The fourth-order valence-corrected chi connectivity index (χ4v) is 2.59. The summed E-state index contributed by atoms with van der Waals surface area (Å²) in [5, 5.41) is 3.58. The van der Waals surface area contributed by atoms with Crippen LogP contribution >= 0.6 is 0 Å². The molecule has 0 saturated carbocycles. The van der Waals surface area contributed by atoms with Crippen LogP contribution in [-0.2, 0) is 0 Å². The van der Waals surface area contributed by atoms with Crippen molar-refractivity contribution in [1.29, 1.82) is 0 Å². The minimum absolute atomic E-state index is 0.0385. The summed E-state index contributed by atoms with van der Waals surface area (Å²) in [4.78, 5) is 2.46. The highest BCUT2D eigenvalue weighted by atomic mass is 15.1. The van der Waals surface area contributed by atoms with Crippen molar-refractivity contribution in [2.24, 2.45) is 0 Å². The second kappa shape index (κ2) is 5.15. The van der Waals surface area contributed by atoms with E-state index in [4.69, 9.17) is 0 Å². The van der Waals surface area contributed by atoms with Crippen LogP contribution in [0, 0.1) is 0 Å². The minimum Gasteiger partial charge on any atom is -0.376 e. The van der Waals surface area contributed by atoms with E-state index in [1.54, 1.807) is 0 Å². The second-order valence-electron chi connectivity index (χ2n) is 5.52. The summed E-state index contributed by atoms with van der Waals surface area (Å²) in [5.41, 5.74) is 4.09. The van der Waals surface area contributed by atoms with Crippen molar-refractivity contribution in [1.82, 2.24) is 4.90 Å². The molecule has 0 spiro atoms. The highest BCUT2D eigenvalue weighted by Gasteiger charge is 2.24. The monoisotopic (exact) mass is 244 g/mol. The van der Waals surface area contributed by atoms with E-state index in [0.717, 1.165) is 19.6 Å². The summed E-state index contributed by atoms with van der Waals surface area (Å²) in [6, 6.07) is 8.61. The molecule has 0 unspecified atom stereocenters. The summed E-state index contributed by atoms with van der Waals surface area (Å²) in [5.74, 6) is 0. The molecular weight excluding hydrogens is 220 g/mol. The average Bonchev–Trinajstić information content (AvgIpc) is 2.34. The number of anilines is 1. The lowest BCUT2D eigenvalue weighted by Crippen LogP contribution is -2.34. The van der Waals surface area contributed by atoms with Gasteiger partial charge in [-0.1, -0.05) is 38.1 Å². The van der Waals surface area contributed by atoms with Crippen LogP contribution in [0.4, 0.5) is 5.69 Å². The van der Waals surface area contributed by atoms with E-state index >= 15 is 0 Å². The summed E-state index contributed by atoms with van der Waals surface area (Å²) in [7, 11) is 0. The molecule has 0 aliphatic carbocycles. The van der Waals surface area contributed by atoms with Crippen LogP contribution in [0.25, 0.3) is 5.57 Å². The zero-order valence-electron chi connectivity index (χ0n) is 12.0. The molecule has 0 amide bonds. The zero-order valence-corrected chi connectivity index (χ0v) is 12.0. The SMILES string of the molecule is CCN(CC)CC1=CC(C)(C)Nc2ccccc21. The second-order valence-corrected chi connectivity index (χ2v) is 5.52. The molecule has 1 aromatic carbocycles. The maximum absolute atomic E-state index is 3.58. The maximum atomic E-state index is 3.58. The lowest BCUT2D eigenvalue weighted by molar-refractivity contribution is 0.341. The predicted octanol–water partition coefficient (Wildman–Crippen LogP) is 3.62. The Bertz CT molecular complexity index is 442. The molecule has 0 aromatic heterocycles. The van der Waals surface area contributed by atoms with Gasteiger partial charge < -0.3 is 5.32 Å². The Morgan fingerprint density at radius 2 is 1.78 bits per heavy atom. The fraction of sp³-hybridized carbons (Fsp3) is 0.500. The van der Waals surface area contributed by atoms with Crippen molar-refractivity contribution in [3.63, 3.8) is 0 Å². The number of benzene rings is 1. The van der Waals surface area contributed by atoms with E-state index in [2.05, 4.69) is 68.3 Å². The van der Waals surface area contributed by atoms with Crippen LogP contribution in [0.1, 0.15) is 33.3 Å². The number of likely N-dealkylation sites (N-methyl/N-ethyl adjacent to an activating group) is 1. The Hall–Kier alpha value is -1.28. The first-order valence-corrected chi connectivity index (χ1v) is 6.87. The first-order chi connectivity index (χ1) is 8.55. The summed E-state index contributed by atoms with van der Waals surface area (Å²) >= 11 is 0. The van der Waals surface area contributed by atoms with Gasteiger partial charge in [-0.2, -0.15) is 0 Å². The molecule has 0 bridgehead atoms. The van der Waals surface area contributed by atoms with E-state index in [0.29, 0.717) is 0 Å². The Labute approximate surface area is 111 Å². The van der Waals surface area contributed by atoms with Crippen LogP contribution in [0.15, 0.2) is 30.3 Å². The Kier molecular flexibility index (Phi) is 3.76. The lowest BCUT2D eigenvalue weighted by atomic mass is 9.90. The smallest absolute Gasteiger partial charge is 0.0506 e. The standard InChI is InChI=1S/C16H24N2/c1-5-18(6-2)12-13-11-16(3,4)17-15-10-8-7-9-14(13)15/h7-11,17H,5-6,12H2,1-4H3. The number of para-hydroxylation sites is 1. The lowest BCUT2D eigenvalue weighted by Gasteiger charge is -2.34. The number of fused-ring (bicyclic) bond motifs is 1. The highest BCUT2D eigenvalue weighted by molar-refractivity contribution is 5.81. The van der Waals surface area contributed by atoms with Crippen LogP contribution < -0.4 is 5.32 Å². The third-order valence-corrected chi connectivity index (χ3v) is 3.55. The van der Waals surface area contributed by atoms with E-state index in [-0.39, 0.29) is 5.54 Å². The van der Waals surface area contributed by atoms with Gasteiger partial charge in [0.15, 0.2) is 0 Å². The molecule has 2 nitrogen and oxygen atoms in total. The van der Waals surface area contributed by atoms with E-state index in [1.807, 2.05) is 0 Å². The van der Waals surface area contributed by atoms with Gasteiger partial charge in [-0.15, -0.1) is 0 Å². The van der Waals surface area contributed by atoms with Crippen LogP contribution in [-0.4, -0.2) is 30.1 Å². The molecule has 98 valence electrons. The van der Waals surface area contributed by atoms with Crippen molar-refractivity contribution in [2.75, 3.05) is 25.0 Å². The van der Waals surface area contributed by atoms with Crippen molar-refractivity contribution in [3.05, 3.63) is 35.9 Å². The number of hydrogen-bond donors (Lipinski definition) is 1. The summed E-state index contributed by atoms with van der Waals surface area (Å²) in [6.07, 6.45) is 2.37. The molecule has 0 saturated heterocycles. The molecule has 1 N–H and O–H groups in total. The van der Waals surface area contributed by atoms with Gasteiger partial charge in [0.05, 0.1) is 5.54 Å². The quantitative estimate of drug-likeness (QED) is 0.870. The van der Waals surface area contributed by atoms with Gasteiger partial charge in [0, 0.05) is 17.8 Å². The van der Waals surface area contributed by atoms with Gasteiger partial charge >= 0.3 is 0 Å². The molecule has 0 radical (unpaired) electrons. The van der Waals surface area contributed by atoms with Gasteiger partial charge in [0.25, 0.3) is 0 Å². The largest absolute Gasteiger partial charge is 0.376 e. The minimum atomic E-state index is 0.0385. The molecular formula is C16H24N2. The molecule has 0 fully saturated rings. The third-order valence-electron chi connectivity index (χ3n) is 3.55. The molecule has 1 aliphatic rings. The molecule has 18 heavy (non-hydrogen) atoms. The highest BCUT2D eigenvalue weighted by Crippen LogP contribution is 2.33. The Morgan fingerprint density at radius 3 is 2.44 bits per heavy atom. The van der Waals surface area contributed by atoms with Crippen molar-refractivity contribution >= 4 is 11.3 Å². The maximum Gasteiger partial charge on any atom is 0.0506 e. The molecule has 1 aromatic rings. The Balaban J connectivity index is 2.34.